The third kappa shape index (κ3) is 4.13. The van der Waals surface area contributed by atoms with E-state index in [9.17, 15) is 0 Å². The highest BCUT2D eigenvalue weighted by Gasteiger charge is 2.23. The van der Waals surface area contributed by atoms with E-state index in [0.717, 1.165) is 60.7 Å². The lowest BCUT2D eigenvalue weighted by Crippen LogP contribution is -2.00. The minimum Gasteiger partial charge on any atom is -0.309 e. The molecular weight excluding hydrogens is 641 g/mol. The summed E-state index contributed by atoms with van der Waals surface area (Å²) in [5, 5.41) is 6.14. The number of para-hydroxylation sites is 4. The summed E-state index contributed by atoms with van der Waals surface area (Å²) in [6, 6.07) is 60.5. The molecule has 0 spiro atoms. The van der Waals surface area contributed by atoms with E-state index in [4.69, 9.17) is 9.97 Å². The second-order valence-corrected chi connectivity index (χ2v) is 14.0. The Morgan fingerprint density at radius 2 is 1.00 bits per heavy atom. The van der Waals surface area contributed by atoms with Gasteiger partial charge in [-0.1, -0.05) is 121 Å². The van der Waals surface area contributed by atoms with E-state index in [2.05, 4.69) is 173 Å². The summed E-state index contributed by atoms with van der Waals surface area (Å²) in [5.74, 6) is 0.731. The number of benzene rings is 7. The highest BCUT2D eigenvalue weighted by Crippen LogP contribution is 2.45. The van der Waals surface area contributed by atoms with Crippen molar-refractivity contribution in [1.29, 1.82) is 0 Å². The van der Waals surface area contributed by atoms with Crippen LogP contribution in [-0.4, -0.2) is 19.1 Å². The van der Waals surface area contributed by atoms with Crippen molar-refractivity contribution in [1.82, 2.24) is 19.1 Å². The van der Waals surface area contributed by atoms with E-state index in [1.807, 2.05) is 6.07 Å². The minimum absolute atomic E-state index is 0.731. The number of hydrogen-bond acceptors (Lipinski definition) is 3. The van der Waals surface area contributed by atoms with E-state index in [-0.39, 0.29) is 0 Å². The largest absolute Gasteiger partial charge is 0.309 e. The molecule has 51 heavy (non-hydrogen) atoms. The van der Waals surface area contributed by atoms with E-state index in [0.29, 0.717) is 0 Å². The van der Waals surface area contributed by atoms with Gasteiger partial charge < -0.3 is 9.13 Å². The fraction of sp³-hybridized carbons (Fsp3) is 0. The zero-order valence-electron chi connectivity index (χ0n) is 27.4. The molecule has 0 aliphatic rings. The molecule has 4 aromatic heterocycles. The first-order chi connectivity index (χ1) is 25.3. The van der Waals surface area contributed by atoms with Crippen LogP contribution in [0.4, 0.5) is 0 Å². The zero-order chi connectivity index (χ0) is 33.5. The van der Waals surface area contributed by atoms with Crippen molar-refractivity contribution in [2.45, 2.75) is 0 Å². The van der Waals surface area contributed by atoms with Crippen LogP contribution in [0.25, 0.3) is 97.9 Å². The second kappa shape index (κ2) is 11.0. The molecule has 0 saturated heterocycles. The molecule has 4 nitrogen and oxygen atoms in total. The highest BCUT2D eigenvalue weighted by atomic mass is 32.1. The minimum atomic E-state index is 0.731. The molecule has 0 N–H and O–H groups in total. The number of aromatic nitrogens is 4. The summed E-state index contributed by atoms with van der Waals surface area (Å²) in [7, 11) is 0. The van der Waals surface area contributed by atoms with E-state index < -0.39 is 0 Å². The molecule has 0 aliphatic heterocycles. The van der Waals surface area contributed by atoms with Gasteiger partial charge in [-0.25, -0.2) is 9.97 Å². The highest BCUT2D eigenvalue weighted by molar-refractivity contribution is 7.26. The van der Waals surface area contributed by atoms with Crippen molar-refractivity contribution in [2.75, 3.05) is 0 Å². The van der Waals surface area contributed by atoms with Crippen LogP contribution in [-0.2, 0) is 0 Å². The van der Waals surface area contributed by atoms with Crippen molar-refractivity contribution in [3.05, 3.63) is 170 Å². The third-order valence-electron chi connectivity index (χ3n) is 10.1. The zero-order valence-corrected chi connectivity index (χ0v) is 28.2. The fourth-order valence-electron chi connectivity index (χ4n) is 7.99. The Labute approximate surface area is 297 Å². The van der Waals surface area contributed by atoms with Crippen molar-refractivity contribution in [3.63, 3.8) is 0 Å². The molecule has 0 aliphatic carbocycles. The molecule has 0 fully saturated rings. The maximum absolute atomic E-state index is 5.38. The maximum atomic E-state index is 5.38. The Balaban J connectivity index is 1.26. The monoisotopic (exact) mass is 668 g/mol. The van der Waals surface area contributed by atoms with Gasteiger partial charge in [0, 0.05) is 48.4 Å². The summed E-state index contributed by atoms with van der Waals surface area (Å²) >= 11 is 1.77. The van der Waals surface area contributed by atoms with Gasteiger partial charge in [0.2, 0.25) is 0 Å². The molecule has 0 unspecified atom stereocenters. The molecule has 238 valence electrons. The first-order valence-electron chi connectivity index (χ1n) is 17.2. The van der Waals surface area contributed by atoms with Crippen LogP contribution in [0.1, 0.15) is 0 Å². The summed E-state index contributed by atoms with van der Waals surface area (Å²) in [6.45, 7) is 0. The Hall–Kier alpha value is -6.56. The SMILES string of the molecule is c1ccc(-c2nc(-c3ccccc3-n3c4ccccc4c4c5c6ccccc6n(-c6ccccc6)c5ccc43)c3sc4ccccc4c3n2)cc1. The molecule has 0 saturated carbocycles. The van der Waals surface area contributed by atoms with E-state index >= 15 is 0 Å². The number of nitrogens with zero attached hydrogens (tertiary/aromatic N) is 4. The summed E-state index contributed by atoms with van der Waals surface area (Å²) < 4.78 is 7.14. The number of rotatable bonds is 4. The van der Waals surface area contributed by atoms with Gasteiger partial charge in [-0.05, 0) is 48.5 Å². The van der Waals surface area contributed by atoms with Gasteiger partial charge in [-0.15, -0.1) is 11.3 Å². The van der Waals surface area contributed by atoms with Crippen molar-refractivity contribution in [2.24, 2.45) is 0 Å². The topological polar surface area (TPSA) is 35.6 Å². The number of thiophene rings is 1. The third-order valence-corrected chi connectivity index (χ3v) is 11.3. The van der Waals surface area contributed by atoms with E-state index in [1.165, 1.54) is 37.3 Å². The predicted octanol–water partition coefficient (Wildman–Crippen LogP) is 12.4. The lowest BCUT2D eigenvalue weighted by molar-refractivity contribution is 1.16. The van der Waals surface area contributed by atoms with Gasteiger partial charge in [0.05, 0.1) is 43.7 Å². The van der Waals surface area contributed by atoms with Gasteiger partial charge in [0.25, 0.3) is 0 Å². The lowest BCUT2D eigenvalue weighted by atomic mass is 10.1. The average Bonchev–Trinajstić information content (AvgIpc) is 3.86. The Bertz CT molecular complexity index is 3130. The van der Waals surface area contributed by atoms with Gasteiger partial charge in [-0.2, -0.15) is 0 Å². The molecule has 11 aromatic rings. The van der Waals surface area contributed by atoms with Crippen LogP contribution in [0, 0.1) is 0 Å². The molecule has 0 radical (unpaired) electrons. The molecule has 4 heterocycles. The van der Waals surface area contributed by atoms with Crippen LogP contribution in [0.2, 0.25) is 0 Å². The van der Waals surface area contributed by atoms with Gasteiger partial charge >= 0.3 is 0 Å². The first kappa shape index (κ1) is 28.3. The quantitative estimate of drug-likeness (QED) is 0.187. The lowest BCUT2D eigenvalue weighted by Gasteiger charge is -2.15. The molecule has 11 rings (SSSR count). The molecular formula is C46H28N4S. The Morgan fingerprint density at radius 1 is 0.431 bits per heavy atom. The van der Waals surface area contributed by atoms with Crippen LogP contribution in [0.5, 0.6) is 0 Å². The van der Waals surface area contributed by atoms with Crippen molar-refractivity contribution in [3.8, 4) is 34.0 Å². The normalized spacial score (nSPS) is 11.9. The van der Waals surface area contributed by atoms with Crippen LogP contribution in [0.15, 0.2) is 170 Å². The standard InChI is InChI=1S/C46H28N4S/c1-3-15-29(16-4-1)46-47-43(45-44(48-46)34-22-10-14-26-40(34)51-45)33-21-9-13-25-37(33)50-36-24-12-8-20-32(36)42-39(50)28-27-38-41(42)31-19-7-11-23-35(31)49(38)30-17-5-2-6-18-30/h1-28H. The first-order valence-corrected chi connectivity index (χ1v) is 18.0. The summed E-state index contributed by atoms with van der Waals surface area (Å²) in [5.41, 5.74) is 11.0. The van der Waals surface area contributed by atoms with E-state index in [1.54, 1.807) is 11.3 Å². The molecule has 0 bridgehead atoms. The van der Waals surface area contributed by atoms with Crippen LogP contribution >= 0.6 is 11.3 Å². The van der Waals surface area contributed by atoms with Crippen molar-refractivity contribution >= 4 is 75.3 Å². The fourth-order valence-corrected chi connectivity index (χ4v) is 9.14. The van der Waals surface area contributed by atoms with Crippen LogP contribution < -0.4 is 0 Å². The summed E-state index contributed by atoms with van der Waals surface area (Å²) in [6.07, 6.45) is 0. The number of hydrogen-bond donors (Lipinski definition) is 0. The molecule has 0 amide bonds. The Morgan fingerprint density at radius 3 is 1.75 bits per heavy atom. The average molecular weight is 669 g/mol. The summed E-state index contributed by atoms with van der Waals surface area (Å²) in [4.78, 5) is 10.6. The van der Waals surface area contributed by atoms with Gasteiger partial charge in [0.1, 0.15) is 0 Å². The van der Waals surface area contributed by atoms with Gasteiger partial charge in [-0.3, -0.25) is 0 Å². The smallest absolute Gasteiger partial charge is 0.160 e. The van der Waals surface area contributed by atoms with Crippen molar-refractivity contribution < 1.29 is 0 Å². The molecule has 5 heteroatoms. The van der Waals surface area contributed by atoms with Crippen LogP contribution in [0.3, 0.4) is 0 Å². The van der Waals surface area contributed by atoms with Gasteiger partial charge in [0.15, 0.2) is 5.82 Å². The Kier molecular flexibility index (Phi) is 6.09. The molecule has 7 aromatic carbocycles. The maximum Gasteiger partial charge on any atom is 0.160 e. The molecule has 0 atom stereocenters. The predicted molar refractivity (Wildman–Crippen MR) is 214 cm³/mol. The number of fused-ring (bicyclic) bond motifs is 10. The second-order valence-electron chi connectivity index (χ2n) is 12.9.